The van der Waals surface area contributed by atoms with Gasteiger partial charge in [0, 0.05) is 12.1 Å². The Balaban J connectivity index is 1.67. The molecule has 1 heterocycles. The molecular formula is C16H18N2O2. The second kappa shape index (κ2) is 5.49. The Bertz CT molecular complexity index is 588. The van der Waals surface area contributed by atoms with Gasteiger partial charge >= 0.3 is 0 Å². The number of carbonyl (C=O) groups is 1. The van der Waals surface area contributed by atoms with Gasteiger partial charge in [-0.15, -0.1) is 0 Å². The van der Waals surface area contributed by atoms with E-state index < -0.39 is 0 Å². The fourth-order valence-electron chi connectivity index (χ4n) is 2.41. The van der Waals surface area contributed by atoms with E-state index in [1.807, 2.05) is 25.1 Å². The number of aryl methyl sites for hydroxylation is 1. The summed E-state index contributed by atoms with van der Waals surface area (Å²) in [4.78, 5) is 12.1. The minimum atomic E-state index is -0.168. The second-order valence-electron chi connectivity index (χ2n) is 5.44. The first-order chi connectivity index (χ1) is 9.72. The van der Waals surface area contributed by atoms with Crippen molar-refractivity contribution in [3.63, 3.8) is 0 Å². The maximum Gasteiger partial charge on any atom is 0.290 e. The summed E-state index contributed by atoms with van der Waals surface area (Å²) in [5.74, 6) is 0.711. The number of hydrogen-bond donors (Lipinski definition) is 1. The molecule has 0 saturated heterocycles. The van der Waals surface area contributed by atoms with E-state index in [1.54, 1.807) is 6.07 Å². The zero-order valence-electron chi connectivity index (χ0n) is 11.5. The van der Waals surface area contributed by atoms with Crippen LogP contribution in [0.4, 0.5) is 0 Å². The first-order valence-corrected chi connectivity index (χ1v) is 7.00. The summed E-state index contributed by atoms with van der Waals surface area (Å²) in [6.07, 6.45) is 3.24. The number of aromatic nitrogens is 1. The highest BCUT2D eigenvalue weighted by Crippen LogP contribution is 2.34. The molecule has 1 aliphatic carbocycles. The molecule has 0 radical (unpaired) electrons. The van der Waals surface area contributed by atoms with Gasteiger partial charge in [0.15, 0.2) is 0 Å². The topological polar surface area (TPSA) is 55.1 Å². The van der Waals surface area contributed by atoms with E-state index >= 15 is 0 Å². The van der Waals surface area contributed by atoms with E-state index in [1.165, 1.54) is 18.4 Å². The van der Waals surface area contributed by atoms with Crippen LogP contribution in [-0.2, 0) is 6.42 Å². The second-order valence-corrected chi connectivity index (χ2v) is 5.44. The van der Waals surface area contributed by atoms with Crippen LogP contribution in [0.3, 0.4) is 0 Å². The molecule has 0 bridgehead atoms. The van der Waals surface area contributed by atoms with Gasteiger partial charge < -0.3 is 9.84 Å². The molecule has 1 N–H and O–H groups in total. The summed E-state index contributed by atoms with van der Waals surface area (Å²) in [7, 11) is 0. The van der Waals surface area contributed by atoms with Crippen molar-refractivity contribution < 1.29 is 9.32 Å². The van der Waals surface area contributed by atoms with Gasteiger partial charge in [0.2, 0.25) is 5.76 Å². The lowest BCUT2D eigenvalue weighted by atomic mass is 10.0. The fourth-order valence-corrected chi connectivity index (χ4v) is 2.41. The standard InChI is InChI=1S/C16H18N2O2/c1-11-9-15(20-18-11)16(19)17-14(13-7-8-13)10-12-5-3-2-4-6-12/h2-6,9,13-14H,7-8,10H2,1H3,(H,17,19). The molecule has 3 rings (SSSR count). The van der Waals surface area contributed by atoms with Crippen LogP contribution in [-0.4, -0.2) is 17.1 Å². The average Bonchev–Trinajstić information content (AvgIpc) is 3.21. The molecule has 0 aliphatic heterocycles. The van der Waals surface area contributed by atoms with Crippen molar-refractivity contribution in [1.82, 2.24) is 10.5 Å². The van der Waals surface area contributed by atoms with Gasteiger partial charge in [-0.25, -0.2) is 0 Å². The van der Waals surface area contributed by atoms with Crippen LogP contribution >= 0.6 is 0 Å². The zero-order valence-corrected chi connectivity index (χ0v) is 11.5. The van der Waals surface area contributed by atoms with Gasteiger partial charge in [-0.1, -0.05) is 35.5 Å². The van der Waals surface area contributed by atoms with Crippen LogP contribution in [0.5, 0.6) is 0 Å². The number of amides is 1. The third-order valence-electron chi connectivity index (χ3n) is 3.66. The zero-order chi connectivity index (χ0) is 13.9. The molecule has 1 atom stereocenters. The predicted molar refractivity (Wildman–Crippen MR) is 75.4 cm³/mol. The molecule has 4 heteroatoms. The third kappa shape index (κ3) is 3.07. The predicted octanol–water partition coefficient (Wildman–Crippen LogP) is 2.73. The largest absolute Gasteiger partial charge is 0.351 e. The molecule has 20 heavy (non-hydrogen) atoms. The summed E-state index contributed by atoms with van der Waals surface area (Å²) in [5.41, 5.74) is 1.97. The summed E-state index contributed by atoms with van der Waals surface area (Å²) in [6.45, 7) is 1.81. The Morgan fingerprint density at radius 1 is 1.40 bits per heavy atom. The van der Waals surface area contributed by atoms with Crippen LogP contribution < -0.4 is 5.32 Å². The number of benzene rings is 1. The molecule has 1 amide bonds. The molecule has 1 aromatic heterocycles. The van der Waals surface area contributed by atoms with Crippen molar-refractivity contribution in [3.8, 4) is 0 Å². The van der Waals surface area contributed by atoms with Crippen molar-refractivity contribution in [2.45, 2.75) is 32.2 Å². The molecule has 104 valence electrons. The van der Waals surface area contributed by atoms with Crippen LogP contribution in [0, 0.1) is 12.8 Å². The lowest BCUT2D eigenvalue weighted by molar-refractivity contribution is 0.0894. The smallest absolute Gasteiger partial charge is 0.290 e. The summed E-state index contributed by atoms with van der Waals surface area (Å²) in [5, 5.41) is 6.84. The van der Waals surface area contributed by atoms with Crippen molar-refractivity contribution in [2.24, 2.45) is 5.92 Å². The minimum absolute atomic E-state index is 0.168. The molecular weight excluding hydrogens is 252 g/mol. The lowest BCUT2D eigenvalue weighted by Crippen LogP contribution is -2.37. The number of nitrogens with zero attached hydrogens (tertiary/aromatic N) is 1. The number of rotatable bonds is 5. The summed E-state index contributed by atoms with van der Waals surface area (Å²) >= 11 is 0. The summed E-state index contributed by atoms with van der Waals surface area (Å²) in [6, 6.07) is 12.1. The molecule has 2 aromatic rings. The Hall–Kier alpha value is -2.10. The van der Waals surface area contributed by atoms with Crippen molar-refractivity contribution >= 4 is 5.91 Å². The first-order valence-electron chi connectivity index (χ1n) is 7.00. The molecule has 1 aromatic carbocycles. The molecule has 4 nitrogen and oxygen atoms in total. The highest BCUT2D eigenvalue weighted by Gasteiger charge is 2.33. The van der Waals surface area contributed by atoms with Gasteiger partial charge in [-0.3, -0.25) is 4.79 Å². The Morgan fingerprint density at radius 3 is 2.75 bits per heavy atom. The van der Waals surface area contributed by atoms with Crippen molar-refractivity contribution in [1.29, 1.82) is 0 Å². The first kappa shape index (κ1) is 12.9. The Kier molecular flexibility index (Phi) is 3.54. The van der Waals surface area contributed by atoms with Gasteiger partial charge in [0.25, 0.3) is 5.91 Å². The Labute approximate surface area is 118 Å². The van der Waals surface area contributed by atoms with E-state index in [0.29, 0.717) is 11.7 Å². The van der Waals surface area contributed by atoms with Gasteiger partial charge in [-0.2, -0.15) is 0 Å². The van der Waals surface area contributed by atoms with Crippen molar-refractivity contribution in [3.05, 3.63) is 53.4 Å². The number of carbonyl (C=O) groups excluding carboxylic acids is 1. The maximum absolute atomic E-state index is 12.1. The molecule has 1 aliphatic rings. The Morgan fingerprint density at radius 2 is 2.15 bits per heavy atom. The van der Waals surface area contributed by atoms with Crippen molar-refractivity contribution in [2.75, 3.05) is 0 Å². The van der Waals surface area contributed by atoms with E-state index in [0.717, 1.165) is 12.1 Å². The van der Waals surface area contributed by atoms with Crippen LogP contribution in [0.15, 0.2) is 40.9 Å². The minimum Gasteiger partial charge on any atom is -0.351 e. The van der Waals surface area contributed by atoms with Crippen LogP contribution in [0.25, 0.3) is 0 Å². The van der Waals surface area contributed by atoms with Gasteiger partial charge in [0.05, 0.1) is 5.69 Å². The average molecular weight is 270 g/mol. The summed E-state index contributed by atoms with van der Waals surface area (Å²) < 4.78 is 5.02. The SMILES string of the molecule is Cc1cc(C(=O)NC(Cc2ccccc2)C2CC2)on1. The highest BCUT2D eigenvalue weighted by molar-refractivity contribution is 5.91. The third-order valence-corrected chi connectivity index (χ3v) is 3.66. The fraction of sp³-hybridized carbons (Fsp3) is 0.375. The highest BCUT2D eigenvalue weighted by atomic mass is 16.5. The number of nitrogens with one attached hydrogen (secondary N) is 1. The van der Waals surface area contributed by atoms with Crippen LogP contribution in [0.2, 0.25) is 0 Å². The molecule has 1 unspecified atom stereocenters. The van der Waals surface area contributed by atoms with Gasteiger partial charge in [-0.05, 0) is 37.7 Å². The van der Waals surface area contributed by atoms with E-state index in [4.69, 9.17) is 4.52 Å². The molecule has 0 spiro atoms. The number of hydrogen-bond acceptors (Lipinski definition) is 3. The van der Waals surface area contributed by atoms with Crippen LogP contribution in [0.1, 0.15) is 34.7 Å². The van der Waals surface area contributed by atoms with E-state index in [2.05, 4.69) is 22.6 Å². The normalized spacial score (nSPS) is 15.8. The maximum atomic E-state index is 12.1. The van der Waals surface area contributed by atoms with Gasteiger partial charge in [0.1, 0.15) is 0 Å². The van der Waals surface area contributed by atoms with E-state index in [9.17, 15) is 4.79 Å². The van der Waals surface area contributed by atoms with E-state index in [-0.39, 0.29) is 11.9 Å². The quantitative estimate of drug-likeness (QED) is 0.909. The molecule has 1 saturated carbocycles. The molecule has 1 fully saturated rings. The monoisotopic (exact) mass is 270 g/mol. The lowest BCUT2D eigenvalue weighted by Gasteiger charge is -2.17.